The van der Waals surface area contributed by atoms with Crippen LogP contribution in [0.15, 0.2) is 35.9 Å². The molecule has 14 heavy (non-hydrogen) atoms. The van der Waals surface area contributed by atoms with Crippen molar-refractivity contribution >= 4 is 11.7 Å². The number of rotatable bonds is 3. The Morgan fingerprint density at radius 3 is 2.36 bits per heavy atom. The molecule has 0 unspecified atom stereocenters. The highest BCUT2D eigenvalue weighted by atomic mass is 16.4. The molecule has 3 nitrogen and oxygen atoms in total. The van der Waals surface area contributed by atoms with Crippen molar-refractivity contribution in [1.82, 2.24) is 0 Å². The van der Waals surface area contributed by atoms with Crippen LogP contribution in [0.4, 0.5) is 0 Å². The third kappa shape index (κ3) is 2.13. The number of benzene rings is 1. The molecule has 0 fully saturated rings. The largest absolute Gasteiger partial charge is 0.478 e. The number of carboxylic acids is 1. The first kappa shape index (κ1) is 10.3. The minimum absolute atomic E-state index is 0.260. The summed E-state index contributed by atoms with van der Waals surface area (Å²) in [6.45, 7) is 1.78. The summed E-state index contributed by atoms with van der Waals surface area (Å²) in [6, 6.07) is 9.12. The maximum atomic E-state index is 10.8. The third-order valence-electron chi connectivity index (χ3n) is 2.02. The Morgan fingerprint density at radius 1 is 1.36 bits per heavy atom. The van der Waals surface area contributed by atoms with Crippen LogP contribution < -0.4 is 5.73 Å². The van der Waals surface area contributed by atoms with E-state index in [1.165, 1.54) is 0 Å². The van der Waals surface area contributed by atoms with Crippen LogP contribution in [0.1, 0.15) is 18.9 Å². The minimum atomic E-state index is -0.950. The maximum absolute atomic E-state index is 10.8. The van der Waals surface area contributed by atoms with Gasteiger partial charge in [0.2, 0.25) is 0 Å². The van der Waals surface area contributed by atoms with E-state index in [1.54, 1.807) is 19.1 Å². The topological polar surface area (TPSA) is 63.3 Å². The fraction of sp³-hybridized carbons (Fsp3) is 0.182. The summed E-state index contributed by atoms with van der Waals surface area (Å²) in [5.74, 6) is -0.950. The molecule has 74 valence electrons. The molecule has 1 aromatic carbocycles. The Kier molecular flexibility index (Phi) is 3.29. The smallest absolute Gasteiger partial charge is 0.333 e. The molecule has 0 aliphatic heterocycles. The van der Waals surface area contributed by atoms with Crippen LogP contribution in [-0.2, 0) is 4.79 Å². The van der Waals surface area contributed by atoms with Gasteiger partial charge in [-0.25, -0.2) is 4.79 Å². The molecular formula is C11H13NO2. The predicted molar refractivity (Wildman–Crippen MR) is 55.5 cm³/mol. The Balaban J connectivity index is 3.15. The van der Waals surface area contributed by atoms with Crippen LogP contribution in [0, 0.1) is 0 Å². The van der Waals surface area contributed by atoms with Crippen molar-refractivity contribution in [3.8, 4) is 0 Å². The van der Waals surface area contributed by atoms with E-state index in [4.69, 9.17) is 10.8 Å². The van der Waals surface area contributed by atoms with Crippen molar-refractivity contribution in [2.75, 3.05) is 0 Å². The summed E-state index contributed by atoms with van der Waals surface area (Å²) in [5.41, 5.74) is 7.11. The van der Waals surface area contributed by atoms with Crippen LogP contribution in [-0.4, -0.2) is 11.1 Å². The Morgan fingerprint density at radius 2 is 1.93 bits per heavy atom. The molecule has 3 heteroatoms. The number of carboxylic acid groups (broad SMARTS) is 1. The molecule has 0 bridgehead atoms. The summed E-state index contributed by atoms with van der Waals surface area (Å²) in [4.78, 5) is 10.8. The average molecular weight is 191 g/mol. The monoisotopic (exact) mass is 191 g/mol. The summed E-state index contributed by atoms with van der Waals surface area (Å²) in [7, 11) is 0. The molecule has 0 saturated heterocycles. The highest BCUT2D eigenvalue weighted by molar-refractivity contribution is 5.95. The van der Waals surface area contributed by atoms with Crippen molar-refractivity contribution in [2.45, 2.75) is 13.3 Å². The van der Waals surface area contributed by atoms with Crippen molar-refractivity contribution in [2.24, 2.45) is 5.73 Å². The lowest BCUT2D eigenvalue weighted by Crippen LogP contribution is -2.08. The van der Waals surface area contributed by atoms with E-state index in [0.29, 0.717) is 12.1 Å². The van der Waals surface area contributed by atoms with Gasteiger partial charge in [0.15, 0.2) is 0 Å². The lowest BCUT2D eigenvalue weighted by molar-refractivity contribution is -0.132. The Hall–Kier alpha value is -1.77. The molecule has 0 amide bonds. The first-order valence-electron chi connectivity index (χ1n) is 4.44. The summed E-state index contributed by atoms with van der Waals surface area (Å²) in [5, 5.41) is 8.87. The van der Waals surface area contributed by atoms with Gasteiger partial charge >= 0.3 is 5.97 Å². The van der Waals surface area contributed by atoms with Gasteiger partial charge < -0.3 is 10.8 Å². The summed E-state index contributed by atoms with van der Waals surface area (Å²) >= 11 is 0. The van der Waals surface area contributed by atoms with Crippen LogP contribution in [0.3, 0.4) is 0 Å². The van der Waals surface area contributed by atoms with Gasteiger partial charge in [-0.3, -0.25) is 0 Å². The molecule has 3 N–H and O–H groups in total. The Bertz CT molecular complexity index is 355. The SMILES string of the molecule is CCC(C(=O)O)=C(N)c1ccccc1. The molecule has 0 aromatic heterocycles. The van der Waals surface area contributed by atoms with E-state index in [0.717, 1.165) is 5.56 Å². The average Bonchev–Trinajstić information content (AvgIpc) is 2.19. The van der Waals surface area contributed by atoms with E-state index < -0.39 is 5.97 Å². The molecule has 0 heterocycles. The standard InChI is InChI=1S/C11H13NO2/c1-2-9(11(13)14)10(12)8-6-4-3-5-7-8/h3-7H,2,12H2,1H3,(H,13,14). The zero-order chi connectivity index (χ0) is 10.6. The van der Waals surface area contributed by atoms with Gasteiger partial charge in [-0.2, -0.15) is 0 Å². The van der Waals surface area contributed by atoms with E-state index >= 15 is 0 Å². The highest BCUT2D eigenvalue weighted by Crippen LogP contribution is 2.15. The van der Waals surface area contributed by atoms with E-state index in [1.807, 2.05) is 18.2 Å². The maximum Gasteiger partial charge on any atom is 0.333 e. The predicted octanol–water partition coefficient (Wildman–Crippen LogP) is 1.85. The molecule has 0 radical (unpaired) electrons. The van der Waals surface area contributed by atoms with Gasteiger partial charge in [-0.1, -0.05) is 37.3 Å². The lowest BCUT2D eigenvalue weighted by atomic mass is 10.1. The van der Waals surface area contributed by atoms with Gasteiger partial charge in [0.1, 0.15) is 0 Å². The molecule has 0 atom stereocenters. The van der Waals surface area contributed by atoms with Crippen molar-refractivity contribution < 1.29 is 9.90 Å². The second kappa shape index (κ2) is 4.46. The van der Waals surface area contributed by atoms with E-state index in [-0.39, 0.29) is 5.57 Å². The molecule has 0 spiro atoms. The van der Waals surface area contributed by atoms with Crippen LogP contribution >= 0.6 is 0 Å². The first-order valence-corrected chi connectivity index (χ1v) is 4.44. The van der Waals surface area contributed by atoms with E-state index in [9.17, 15) is 4.79 Å². The fourth-order valence-corrected chi connectivity index (χ4v) is 1.25. The summed E-state index contributed by atoms with van der Waals surface area (Å²) < 4.78 is 0. The normalized spacial score (nSPS) is 12.1. The third-order valence-corrected chi connectivity index (χ3v) is 2.02. The Labute approximate surface area is 82.9 Å². The lowest BCUT2D eigenvalue weighted by Gasteiger charge is -2.05. The second-order valence-electron chi connectivity index (χ2n) is 2.92. The molecule has 1 aromatic rings. The van der Waals surface area contributed by atoms with Crippen LogP contribution in [0.25, 0.3) is 5.70 Å². The zero-order valence-corrected chi connectivity index (χ0v) is 8.03. The first-order chi connectivity index (χ1) is 6.66. The summed E-state index contributed by atoms with van der Waals surface area (Å²) in [6.07, 6.45) is 0.427. The zero-order valence-electron chi connectivity index (χ0n) is 8.03. The molecule has 0 saturated carbocycles. The molecule has 0 aliphatic carbocycles. The molecule has 1 rings (SSSR count). The number of carbonyl (C=O) groups is 1. The van der Waals surface area contributed by atoms with Gasteiger partial charge in [-0.15, -0.1) is 0 Å². The minimum Gasteiger partial charge on any atom is -0.478 e. The number of aliphatic carboxylic acids is 1. The van der Waals surface area contributed by atoms with Crippen LogP contribution in [0.2, 0.25) is 0 Å². The van der Waals surface area contributed by atoms with Gasteiger partial charge in [-0.05, 0) is 12.0 Å². The van der Waals surface area contributed by atoms with Crippen molar-refractivity contribution in [1.29, 1.82) is 0 Å². The number of nitrogens with two attached hydrogens (primary N) is 1. The molecule has 0 aliphatic rings. The van der Waals surface area contributed by atoms with Crippen molar-refractivity contribution in [3.63, 3.8) is 0 Å². The van der Waals surface area contributed by atoms with Gasteiger partial charge in [0.25, 0.3) is 0 Å². The quantitative estimate of drug-likeness (QED) is 0.716. The number of hydrogen-bond acceptors (Lipinski definition) is 2. The fourth-order valence-electron chi connectivity index (χ4n) is 1.25. The number of hydrogen-bond donors (Lipinski definition) is 2. The highest BCUT2D eigenvalue weighted by Gasteiger charge is 2.10. The van der Waals surface area contributed by atoms with Crippen molar-refractivity contribution in [3.05, 3.63) is 41.5 Å². The van der Waals surface area contributed by atoms with Gasteiger partial charge in [0.05, 0.1) is 5.57 Å². The van der Waals surface area contributed by atoms with Gasteiger partial charge in [0, 0.05) is 5.70 Å². The van der Waals surface area contributed by atoms with E-state index in [2.05, 4.69) is 0 Å². The molecular weight excluding hydrogens is 178 g/mol. The van der Waals surface area contributed by atoms with Crippen LogP contribution in [0.5, 0.6) is 0 Å². The second-order valence-corrected chi connectivity index (χ2v) is 2.92.